The summed E-state index contributed by atoms with van der Waals surface area (Å²) in [6.07, 6.45) is 2.85. The fraction of sp³-hybridized carbons (Fsp3) is 0.611. The van der Waals surface area contributed by atoms with Crippen LogP contribution in [0.2, 0.25) is 0 Å². The van der Waals surface area contributed by atoms with Gasteiger partial charge in [-0.15, -0.1) is 0 Å². The average molecular weight is 336 g/mol. The van der Waals surface area contributed by atoms with Gasteiger partial charge in [-0.2, -0.15) is 0 Å². The van der Waals surface area contributed by atoms with Gasteiger partial charge in [0, 0.05) is 19.6 Å². The lowest BCUT2D eigenvalue weighted by Gasteiger charge is -2.26. The molecule has 1 aliphatic heterocycles. The maximum Gasteiger partial charge on any atom is 0.411 e. The molecule has 1 saturated heterocycles. The molecule has 1 fully saturated rings. The lowest BCUT2D eigenvalue weighted by Crippen LogP contribution is -2.38. The second-order valence-electron chi connectivity index (χ2n) is 5.77. The maximum atomic E-state index is 12.0. The molecule has 0 radical (unpaired) electrons. The summed E-state index contributed by atoms with van der Waals surface area (Å²) < 4.78 is 16.3. The minimum absolute atomic E-state index is 0.366. The predicted molar refractivity (Wildman–Crippen MR) is 93.7 cm³/mol. The largest absolute Gasteiger partial charge is 0.491 e. The number of para-hydroxylation sites is 2. The number of amides is 1. The zero-order chi connectivity index (χ0) is 17.0. The first-order valence-corrected chi connectivity index (χ1v) is 8.75. The molecule has 1 aromatic rings. The Bertz CT molecular complexity index is 490. The SMILES string of the molecule is CCCCCOc1ccccc1NC(=O)OCCN1CCOCC1. The van der Waals surface area contributed by atoms with E-state index in [-0.39, 0.29) is 0 Å². The summed E-state index contributed by atoms with van der Waals surface area (Å²) in [5.74, 6) is 0.679. The van der Waals surface area contributed by atoms with Crippen molar-refractivity contribution in [3.05, 3.63) is 24.3 Å². The summed E-state index contributed by atoms with van der Waals surface area (Å²) in [7, 11) is 0. The molecule has 6 heteroatoms. The smallest absolute Gasteiger partial charge is 0.411 e. The number of anilines is 1. The number of hydrogen-bond donors (Lipinski definition) is 1. The van der Waals surface area contributed by atoms with Gasteiger partial charge in [0.05, 0.1) is 25.5 Å². The van der Waals surface area contributed by atoms with Crippen LogP contribution < -0.4 is 10.1 Å². The molecule has 0 atom stereocenters. The monoisotopic (exact) mass is 336 g/mol. The number of benzene rings is 1. The Kier molecular flexibility index (Phi) is 8.41. The molecule has 0 unspecified atom stereocenters. The number of rotatable bonds is 9. The molecule has 0 aliphatic carbocycles. The molecular formula is C18H28N2O4. The van der Waals surface area contributed by atoms with Crippen LogP contribution in [0.15, 0.2) is 24.3 Å². The van der Waals surface area contributed by atoms with Crippen LogP contribution in [-0.4, -0.2) is 57.1 Å². The van der Waals surface area contributed by atoms with Crippen LogP contribution in [0.3, 0.4) is 0 Å². The highest BCUT2D eigenvalue weighted by Crippen LogP contribution is 2.24. The Hall–Kier alpha value is -1.79. The van der Waals surface area contributed by atoms with Crippen LogP contribution in [0.25, 0.3) is 0 Å². The van der Waals surface area contributed by atoms with Gasteiger partial charge >= 0.3 is 6.09 Å². The van der Waals surface area contributed by atoms with Gasteiger partial charge in [-0.1, -0.05) is 31.9 Å². The zero-order valence-corrected chi connectivity index (χ0v) is 14.5. The molecule has 24 heavy (non-hydrogen) atoms. The fourth-order valence-corrected chi connectivity index (χ4v) is 2.47. The van der Waals surface area contributed by atoms with Crippen molar-refractivity contribution >= 4 is 11.8 Å². The third-order valence-electron chi connectivity index (χ3n) is 3.87. The standard InChI is InChI=1S/C18H28N2O4/c1-2-3-6-12-23-17-8-5-4-7-16(17)19-18(21)24-15-11-20-9-13-22-14-10-20/h4-5,7-8H,2-3,6,9-15H2,1H3,(H,19,21). The molecule has 1 heterocycles. The van der Waals surface area contributed by atoms with E-state index in [0.717, 1.165) is 52.1 Å². The summed E-state index contributed by atoms with van der Waals surface area (Å²) in [5.41, 5.74) is 0.644. The normalized spacial score (nSPS) is 15.0. The minimum Gasteiger partial charge on any atom is -0.491 e. The average Bonchev–Trinajstić information content (AvgIpc) is 2.61. The minimum atomic E-state index is -0.451. The van der Waals surface area contributed by atoms with Crippen molar-refractivity contribution in [3.8, 4) is 5.75 Å². The molecular weight excluding hydrogens is 308 g/mol. The van der Waals surface area contributed by atoms with Crippen LogP contribution in [0.1, 0.15) is 26.2 Å². The van der Waals surface area contributed by atoms with Crippen molar-refractivity contribution in [2.75, 3.05) is 51.4 Å². The van der Waals surface area contributed by atoms with E-state index < -0.39 is 6.09 Å². The van der Waals surface area contributed by atoms with Gasteiger partial charge in [0.15, 0.2) is 0 Å². The van der Waals surface area contributed by atoms with E-state index in [2.05, 4.69) is 17.1 Å². The molecule has 2 rings (SSSR count). The van der Waals surface area contributed by atoms with Crippen LogP contribution in [0.5, 0.6) is 5.75 Å². The van der Waals surface area contributed by atoms with Gasteiger partial charge in [0.2, 0.25) is 0 Å². The third kappa shape index (κ3) is 6.76. The Morgan fingerprint density at radius 2 is 2.00 bits per heavy atom. The highest BCUT2D eigenvalue weighted by Gasteiger charge is 2.12. The molecule has 134 valence electrons. The van der Waals surface area contributed by atoms with E-state index in [0.29, 0.717) is 24.7 Å². The first-order chi connectivity index (χ1) is 11.8. The first kappa shape index (κ1) is 18.5. The highest BCUT2D eigenvalue weighted by molar-refractivity contribution is 5.86. The number of carbonyl (C=O) groups excluding carboxylic acids is 1. The number of unbranched alkanes of at least 4 members (excludes halogenated alkanes) is 2. The van der Waals surface area contributed by atoms with E-state index in [1.165, 1.54) is 0 Å². The first-order valence-electron chi connectivity index (χ1n) is 8.75. The number of nitrogens with zero attached hydrogens (tertiary/aromatic N) is 1. The summed E-state index contributed by atoms with van der Waals surface area (Å²) in [6.45, 7) is 7.17. The van der Waals surface area contributed by atoms with Crippen LogP contribution in [0, 0.1) is 0 Å². The number of nitrogens with one attached hydrogen (secondary N) is 1. The Labute approximate surface area is 144 Å². The van der Waals surface area contributed by atoms with Crippen molar-refractivity contribution in [1.29, 1.82) is 0 Å². The molecule has 6 nitrogen and oxygen atoms in total. The van der Waals surface area contributed by atoms with Crippen molar-refractivity contribution in [3.63, 3.8) is 0 Å². The summed E-state index contributed by atoms with van der Waals surface area (Å²) in [5, 5.41) is 2.76. The van der Waals surface area contributed by atoms with Crippen LogP contribution in [0.4, 0.5) is 10.5 Å². The number of ether oxygens (including phenoxy) is 3. The van der Waals surface area contributed by atoms with E-state index in [4.69, 9.17) is 14.2 Å². The van der Waals surface area contributed by atoms with Crippen molar-refractivity contribution in [2.45, 2.75) is 26.2 Å². The summed E-state index contributed by atoms with van der Waals surface area (Å²) in [6, 6.07) is 7.43. The lowest BCUT2D eigenvalue weighted by molar-refractivity contribution is 0.0290. The second kappa shape index (κ2) is 10.9. The zero-order valence-electron chi connectivity index (χ0n) is 14.5. The molecule has 0 aromatic heterocycles. The molecule has 0 bridgehead atoms. The lowest BCUT2D eigenvalue weighted by atomic mass is 10.2. The quantitative estimate of drug-likeness (QED) is 0.702. The van der Waals surface area contributed by atoms with Crippen molar-refractivity contribution in [2.24, 2.45) is 0 Å². The predicted octanol–water partition coefficient (Wildman–Crippen LogP) is 3.14. The molecule has 1 aliphatic rings. The molecule has 0 spiro atoms. The van der Waals surface area contributed by atoms with E-state index in [1.54, 1.807) is 0 Å². The van der Waals surface area contributed by atoms with Gasteiger partial charge in [-0.05, 0) is 18.6 Å². The van der Waals surface area contributed by atoms with Gasteiger partial charge < -0.3 is 14.2 Å². The van der Waals surface area contributed by atoms with Crippen LogP contribution in [-0.2, 0) is 9.47 Å². The van der Waals surface area contributed by atoms with E-state index in [1.807, 2.05) is 24.3 Å². The molecule has 1 amide bonds. The number of carbonyl (C=O) groups is 1. The molecule has 0 saturated carbocycles. The second-order valence-corrected chi connectivity index (χ2v) is 5.77. The topological polar surface area (TPSA) is 60.0 Å². The van der Waals surface area contributed by atoms with E-state index in [9.17, 15) is 4.79 Å². The molecule has 1 aromatic carbocycles. The maximum absolute atomic E-state index is 12.0. The van der Waals surface area contributed by atoms with Gasteiger partial charge in [0.25, 0.3) is 0 Å². The van der Waals surface area contributed by atoms with Crippen molar-refractivity contribution < 1.29 is 19.0 Å². The highest BCUT2D eigenvalue weighted by atomic mass is 16.5. The summed E-state index contributed by atoms with van der Waals surface area (Å²) in [4.78, 5) is 14.2. The van der Waals surface area contributed by atoms with Crippen LogP contribution >= 0.6 is 0 Å². The van der Waals surface area contributed by atoms with Gasteiger partial charge in [-0.25, -0.2) is 4.79 Å². The third-order valence-corrected chi connectivity index (χ3v) is 3.87. The molecule has 1 N–H and O–H groups in total. The van der Waals surface area contributed by atoms with Gasteiger partial charge in [0.1, 0.15) is 12.4 Å². The number of hydrogen-bond acceptors (Lipinski definition) is 5. The summed E-state index contributed by atoms with van der Waals surface area (Å²) >= 11 is 0. The Morgan fingerprint density at radius 3 is 2.79 bits per heavy atom. The fourth-order valence-electron chi connectivity index (χ4n) is 2.47. The van der Waals surface area contributed by atoms with Crippen molar-refractivity contribution in [1.82, 2.24) is 4.90 Å². The Morgan fingerprint density at radius 1 is 1.21 bits per heavy atom. The number of morpholine rings is 1. The van der Waals surface area contributed by atoms with Gasteiger partial charge in [-0.3, -0.25) is 10.2 Å². The van der Waals surface area contributed by atoms with E-state index >= 15 is 0 Å². The Balaban J connectivity index is 1.72.